The Bertz CT molecular complexity index is 826. The quantitative estimate of drug-likeness (QED) is 0.674. The number of fused-ring (bicyclic) bond motifs is 1. The molecule has 0 radical (unpaired) electrons. The molecule has 1 saturated heterocycles. The van der Waals surface area contributed by atoms with Crippen molar-refractivity contribution in [3.05, 3.63) is 54.6 Å². The lowest BCUT2D eigenvalue weighted by molar-refractivity contribution is 0.265. The molecule has 4 heteroatoms. The lowest BCUT2D eigenvalue weighted by atomic mass is 10.1. The SMILES string of the molecule is COc1ccc(-c2cc(OCC3CO3)c3ccccc3n2)cc1. The molecule has 1 atom stereocenters. The third-order valence-electron chi connectivity index (χ3n) is 3.89. The van der Waals surface area contributed by atoms with Crippen LogP contribution >= 0.6 is 0 Å². The van der Waals surface area contributed by atoms with Gasteiger partial charge in [-0.05, 0) is 36.4 Å². The Balaban J connectivity index is 1.75. The first-order valence-electron chi connectivity index (χ1n) is 7.62. The standard InChI is InChI=1S/C19H17NO3/c1-21-14-8-6-13(7-9-14)18-10-19(23-12-15-11-22-15)16-4-2-3-5-17(16)20-18/h2-10,15H,11-12H2,1H3. The second-order valence-corrected chi connectivity index (χ2v) is 5.52. The molecule has 1 aliphatic heterocycles. The normalized spacial score (nSPS) is 16.3. The van der Waals surface area contributed by atoms with Crippen LogP contribution in [0.2, 0.25) is 0 Å². The predicted octanol–water partition coefficient (Wildman–Crippen LogP) is 3.69. The van der Waals surface area contributed by atoms with Crippen LogP contribution < -0.4 is 9.47 Å². The highest BCUT2D eigenvalue weighted by atomic mass is 16.6. The van der Waals surface area contributed by atoms with Gasteiger partial charge in [-0.15, -0.1) is 0 Å². The van der Waals surface area contributed by atoms with Gasteiger partial charge < -0.3 is 14.2 Å². The van der Waals surface area contributed by atoms with Crippen molar-refractivity contribution in [1.29, 1.82) is 0 Å². The zero-order valence-corrected chi connectivity index (χ0v) is 12.9. The molecule has 4 rings (SSSR count). The van der Waals surface area contributed by atoms with Crippen LogP contribution in [0, 0.1) is 0 Å². The van der Waals surface area contributed by atoms with E-state index in [2.05, 4.69) is 0 Å². The lowest BCUT2D eigenvalue weighted by Gasteiger charge is -2.11. The van der Waals surface area contributed by atoms with E-state index in [1.165, 1.54) is 0 Å². The summed E-state index contributed by atoms with van der Waals surface area (Å²) in [5.74, 6) is 1.67. The fourth-order valence-electron chi connectivity index (χ4n) is 2.52. The van der Waals surface area contributed by atoms with Crippen molar-refractivity contribution in [1.82, 2.24) is 4.98 Å². The zero-order valence-electron chi connectivity index (χ0n) is 12.9. The molecule has 2 aromatic carbocycles. The Morgan fingerprint density at radius 3 is 2.65 bits per heavy atom. The minimum atomic E-state index is 0.228. The lowest BCUT2D eigenvalue weighted by Crippen LogP contribution is -2.05. The van der Waals surface area contributed by atoms with Gasteiger partial charge in [-0.2, -0.15) is 0 Å². The molecule has 3 aromatic rings. The summed E-state index contributed by atoms with van der Waals surface area (Å²) in [4.78, 5) is 4.75. The van der Waals surface area contributed by atoms with Crippen LogP contribution in [0.3, 0.4) is 0 Å². The van der Waals surface area contributed by atoms with Crippen molar-refractivity contribution < 1.29 is 14.2 Å². The molecule has 0 bridgehead atoms. The van der Waals surface area contributed by atoms with Gasteiger partial charge in [-0.3, -0.25) is 0 Å². The highest BCUT2D eigenvalue weighted by Crippen LogP contribution is 2.31. The first kappa shape index (κ1) is 14.0. The number of hydrogen-bond acceptors (Lipinski definition) is 4. The molecule has 2 heterocycles. The number of benzene rings is 2. The van der Waals surface area contributed by atoms with Crippen molar-refractivity contribution in [3.63, 3.8) is 0 Å². The topological polar surface area (TPSA) is 43.9 Å². The van der Waals surface area contributed by atoms with Crippen molar-refractivity contribution in [2.24, 2.45) is 0 Å². The van der Waals surface area contributed by atoms with Crippen molar-refractivity contribution in [2.75, 3.05) is 20.3 Å². The van der Waals surface area contributed by atoms with Gasteiger partial charge in [0.2, 0.25) is 0 Å². The van der Waals surface area contributed by atoms with Crippen LogP contribution in [0.25, 0.3) is 22.2 Å². The van der Waals surface area contributed by atoms with Crippen LogP contribution in [0.15, 0.2) is 54.6 Å². The van der Waals surface area contributed by atoms with E-state index in [0.717, 1.165) is 40.3 Å². The van der Waals surface area contributed by atoms with Crippen molar-refractivity contribution in [3.8, 4) is 22.8 Å². The summed E-state index contributed by atoms with van der Waals surface area (Å²) >= 11 is 0. The first-order chi connectivity index (χ1) is 11.3. The minimum absolute atomic E-state index is 0.228. The molecule has 4 nitrogen and oxygen atoms in total. The van der Waals surface area contributed by atoms with E-state index in [4.69, 9.17) is 19.2 Å². The monoisotopic (exact) mass is 307 g/mol. The molecule has 0 aliphatic carbocycles. The van der Waals surface area contributed by atoms with Gasteiger partial charge in [-0.1, -0.05) is 12.1 Å². The van der Waals surface area contributed by atoms with E-state index >= 15 is 0 Å². The van der Waals surface area contributed by atoms with Crippen LogP contribution in [-0.2, 0) is 4.74 Å². The van der Waals surface area contributed by atoms with Gasteiger partial charge in [0, 0.05) is 17.0 Å². The third kappa shape index (κ3) is 2.98. The van der Waals surface area contributed by atoms with Gasteiger partial charge >= 0.3 is 0 Å². The van der Waals surface area contributed by atoms with Crippen molar-refractivity contribution in [2.45, 2.75) is 6.10 Å². The van der Waals surface area contributed by atoms with E-state index in [9.17, 15) is 0 Å². The zero-order chi connectivity index (χ0) is 15.6. The summed E-state index contributed by atoms with van der Waals surface area (Å²) in [6.07, 6.45) is 0.228. The molecule has 1 fully saturated rings. The third-order valence-corrected chi connectivity index (χ3v) is 3.89. The van der Waals surface area contributed by atoms with Gasteiger partial charge in [0.25, 0.3) is 0 Å². The molecule has 1 unspecified atom stereocenters. The molecule has 1 aliphatic rings. The van der Waals surface area contributed by atoms with E-state index in [-0.39, 0.29) is 6.10 Å². The predicted molar refractivity (Wildman–Crippen MR) is 89.0 cm³/mol. The summed E-state index contributed by atoms with van der Waals surface area (Å²) in [6, 6.07) is 17.9. The number of rotatable bonds is 5. The molecule has 116 valence electrons. The van der Waals surface area contributed by atoms with E-state index < -0.39 is 0 Å². The molecular weight excluding hydrogens is 290 g/mol. The van der Waals surface area contributed by atoms with Crippen LogP contribution in [-0.4, -0.2) is 31.4 Å². The first-order valence-corrected chi connectivity index (χ1v) is 7.62. The maximum atomic E-state index is 5.96. The Morgan fingerprint density at radius 1 is 1.13 bits per heavy atom. The van der Waals surface area contributed by atoms with Crippen molar-refractivity contribution >= 4 is 10.9 Å². The highest BCUT2D eigenvalue weighted by Gasteiger charge is 2.23. The number of para-hydroxylation sites is 1. The highest BCUT2D eigenvalue weighted by molar-refractivity contribution is 5.87. The molecule has 0 amide bonds. The summed E-state index contributed by atoms with van der Waals surface area (Å²) in [7, 11) is 1.66. The Morgan fingerprint density at radius 2 is 1.91 bits per heavy atom. The van der Waals surface area contributed by atoms with Gasteiger partial charge in [0.05, 0.1) is 24.9 Å². The van der Waals surface area contributed by atoms with Crippen LogP contribution in [0.4, 0.5) is 0 Å². The second kappa shape index (κ2) is 5.89. The largest absolute Gasteiger partial charge is 0.497 e. The number of epoxide rings is 1. The number of methoxy groups -OCH3 is 1. The van der Waals surface area contributed by atoms with E-state index in [0.29, 0.717) is 6.61 Å². The Labute approximate surface area is 134 Å². The molecule has 0 N–H and O–H groups in total. The summed E-state index contributed by atoms with van der Waals surface area (Å²) in [5.41, 5.74) is 2.84. The van der Waals surface area contributed by atoms with Gasteiger partial charge in [0.1, 0.15) is 24.2 Å². The molecule has 0 spiro atoms. The molecule has 1 aromatic heterocycles. The summed E-state index contributed by atoms with van der Waals surface area (Å²) in [5, 5.41) is 1.02. The Kier molecular flexibility index (Phi) is 3.60. The average molecular weight is 307 g/mol. The minimum Gasteiger partial charge on any atom is -0.497 e. The number of pyridine rings is 1. The maximum Gasteiger partial charge on any atom is 0.131 e. The summed E-state index contributed by atoms with van der Waals surface area (Å²) in [6.45, 7) is 1.37. The number of nitrogens with zero attached hydrogens (tertiary/aromatic N) is 1. The van der Waals surface area contributed by atoms with Crippen LogP contribution in [0.1, 0.15) is 0 Å². The fourth-order valence-corrected chi connectivity index (χ4v) is 2.52. The number of aromatic nitrogens is 1. The number of hydrogen-bond donors (Lipinski definition) is 0. The molecular formula is C19H17NO3. The van der Waals surface area contributed by atoms with E-state index in [1.807, 2.05) is 54.6 Å². The summed E-state index contributed by atoms with van der Waals surface area (Å²) < 4.78 is 16.4. The molecule has 0 saturated carbocycles. The number of ether oxygens (including phenoxy) is 3. The second-order valence-electron chi connectivity index (χ2n) is 5.52. The molecule has 23 heavy (non-hydrogen) atoms. The van der Waals surface area contributed by atoms with Gasteiger partial charge in [0.15, 0.2) is 0 Å². The van der Waals surface area contributed by atoms with Gasteiger partial charge in [-0.25, -0.2) is 4.98 Å². The average Bonchev–Trinajstić information content (AvgIpc) is 3.44. The smallest absolute Gasteiger partial charge is 0.131 e. The fraction of sp³-hybridized carbons (Fsp3) is 0.211. The maximum absolute atomic E-state index is 5.96. The van der Waals surface area contributed by atoms with E-state index in [1.54, 1.807) is 7.11 Å². The Hall–Kier alpha value is -2.59. The van der Waals surface area contributed by atoms with Crippen LogP contribution in [0.5, 0.6) is 11.5 Å².